The summed E-state index contributed by atoms with van der Waals surface area (Å²) in [5.41, 5.74) is 5.31. The van der Waals surface area contributed by atoms with Crippen molar-refractivity contribution in [3.8, 4) is 5.75 Å². The molecule has 0 aliphatic carbocycles. The zero-order valence-electron chi connectivity index (χ0n) is 14.6. The number of anilines is 1. The molecule has 4 nitrogen and oxygen atoms in total. The number of hydrogen-bond donors (Lipinski definition) is 0. The van der Waals surface area contributed by atoms with Crippen LogP contribution < -0.4 is 9.75 Å². The minimum absolute atomic E-state index is 0.118. The van der Waals surface area contributed by atoms with Gasteiger partial charge >= 0.3 is 0 Å². The molecule has 0 N–H and O–H groups in total. The zero-order chi connectivity index (χ0) is 18.1. The summed E-state index contributed by atoms with van der Waals surface area (Å²) in [4.78, 5) is 12.8. The number of carbonyl (C=O) groups is 1. The van der Waals surface area contributed by atoms with Gasteiger partial charge in [-0.3, -0.25) is 4.79 Å². The van der Waals surface area contributed by atoms with E-state index in [1.54, 1.807) is 7.11 Å². The summed E-state index contributed by atoms with van der Waals surface area (Å²) < 4.78 is 6.08. The van der Waals surface area contributed by atoms with E-state index in [9.17, 15) is 4.79 Å². The van der Waals surface area contributed by atoms with Crippen LogP contribution in [0.25, 0.3) is 6.08 Å². The second-order valence-electron chi connectivity index (χ2n) is 6.02. The maximum atomic E-state index is 12.8. The Morgan fingerprint density at radius 2 is 1.84 bits per heavy atom. The van der Waals surface area contributed by atoms with E-state index in [0.29, 0.717) is 11.3 Å². The highest BCUT2D eigenvalue weighted by Gasteiger charge is 2.28. The maximum absolute atomic E-state index is 12.8. The number of methoxy groups -OCH3 is 1. The lowest BCUT2D eigenvalue weighted by molar-refractivity contribution is -0.114. The van der Waals surface area contributed by atoms with Crippen molar-refractivity contribution < 1.29 is 9.53 Å². The first-order chi connectivity index (χ1) is 11.9. The number of carbonyl (C=O) groups excluding carboxylic acids is 1. The maximum Gasteiger partial charge on any atom is 0.280 e. The summed E-state index contributed by atoms with van der Waals surface area (Å²) in [5.74, 6) is 0.634. The molecule has 25 heavy (non-hydrogen) atoms. The molecule has 2 aromatic rings. The lowest BCUT2D eigenvalue weighted by Gasteiger charge is -2.13. The van der Waals surface area contributed by atoms with E-state index >= 15 is 0 Å². The van der Waals surface area contributed by atoms with Gasteiger partial charge in [-0.1, -0.05) is 12.1 Å². The summed E-state index contributed by atoms with van der Waals surface area (Å²) in [5, 5.41) is 5.90. The number of amides is 1. The van der Waals surface area contributed by atoms with Crippen molar-refractivity contribution >= 4 is 39.3 Å². The summed E-state index contributed by atoms with van der Waals surface area (Å²) in [6, 6.07) is 11.6. The van der Waals surface area contributed by atoms with Crippen molar-refractivity contribution in [2.45, 2.75) is 20.8 Å². The molecule has 1 aliphatic heterocycles. The number of nitrogens with zero attached hydrogens (tertiary/aromatic N) is 2. The molecule has 0 saturated carbocycles. The molecular weight excluding hydrogens is 380 g/mol. The molecule has 2 aromatic carbocycles. The largest absolute Gasteiger partial charge is 0.496 e. The van der Waals surface area contributed by atoms with Crippen molar-refractivity contribution in [3.05, 3.63) is 63.1 Å². The Hall–Kier alpha value is -2.40. The lowest BCUT2D eigenvalue weighted by Crippen LogP contribution is -2.21. The fraction of sp³-hybridized carbons (Fsp3) is 0.200. The van der Waals surface area contributed by atoms with Crippen molar-refractivity contribution in [1.29, 1.82) is 0 Å². The highest BCUT2D eigenvalue weighted by molar-refractivity contribution is 9.10. The van der Waals surface area contributed by atoms with E-state index in [-0.39, 0.29) is 5.91 Å². The van der Waals surface area contributed by atoms with Gasteiger partial charge in [0.25, 0.3) is 5.91 Å². The Kier molecular flexibility index (Phi) is 4.77. The molecule has 0 atom stereocenters. The molecule has 0 radical (unpaired) electrons. The lowest BCUT2D eigenvalue weighted by atomic mass is 10.1. The average Bonchev–Trinajstić information content (AvgIpc) is 2.86. The van der Waals surface area contributed by atoms with Crippen LogP contribution in [-0.4, -0.2) is 18.7 Å². The van der Waals surface area contributed by atoms with Gasteiger partial charge in [-0.05, 0) is 83.7 Å². The minimum atomic E-state index is -0.118. The quantitative estimate of drug-likeness (QED) is 0.691. The number of halogens is 1. The second kappa shape index (κ2) is 6.84. The Balaban J connectivity index is 1.94. The molecule has 0 bridgehead atoms. The van der Waals surface area contributed by atoms with Gasteiger partial charge in [-0.25, -0.2) is 0 Å². The zero-order valence-corrected chi connectivity index (χ0v) is 16.2. The van der Waals surface area contributed by atoms with Crippen molar-refractivity contribution in [2.75, 3.05) is 12.1 Å². The van der Waals surface area contributed by atoms with Crippen LogP contribution in [0.2, 0.25) is 0 Å². The van der Waals surface area contributed by atoms with Gasteiger partial charge in [-0.15, -0.1) is 0 Å². The third-order valence-electron chi connectivity index (χ3n) is 4.28. The van der Waals surface area contributed by atoms with E-state index in [1.807, 2.05) is 63.2 Å². The fourth-order valence-electron chi connectivity index (χ4n) is 2.66. The van der Waals surface area contributed by atoms with Crippen LogP contribution in [0.15, 0.2) is 51.5 Å². The molecule has 0 spiro atoms. The van der Waals surface area contributed by atoms with Gasteiger partial charge in [0, 0.05) is 0 Å². The molecule has 1 heterocycles. The SMILES string of the molecule is COc1ccc(/C=C2/C(=O)N(c3ccc(C)c(C)c3)N=C2C)cc1Br. The van der Waals surface area contributed by atoms with Crippen LogP contribution in [-0.2, 0) is 4.79 Å². The molecule has 0 saturated heterocycles. The Labute approximate surface area is 155 Å². The van der Waals surface area contributed by atoms with E-state index in [4.69, 9.17) is 4.74 Å². The van der Waals surface area contributed by atoms with Crippen molar-refractivity contribution in [2.24, 2.45) is 5.10 Å². The van der Waals surface area contributed by atoms with Crippen LogP contribution in [0, 0.1) is 13.8 Å². The molecule has 1 aliphatic rings. The Morgan fingerprint density at radius 1 is 1.08 bits per heavy atom. The van der Waals surface area contributed by atoms with Crippen LogP contribution in [0.5, 0.6) is 5.75 Å². The van der Waals surface area contributed by atoms with Crippen LogP contribution >= 0.6 is 15.9 Å². The number of aryl methyl sites for hydroxylation is 2. The third-order valence-corrected chi connectivity index (χ3v) is 4.90. The smallest absolute Gasteiger partial charge is 0.280 e. The van der Waals surface area contributed by atoms with Gasteiger partial charge < -0.3 is 4.74 Å². The predicted octanol–water partition coefficient (Wildman–Crippen LogP) is 4.88. The highest BCUT2D eigenvalue weighted by Crippen LogP contribution is 2.29. The fourth-order valence-corrected chi connectivity index (χ4v) is 3.21. The van der Waals surface area contributed by atoms with Gasteiger partial charge in [0.2, 0.25) is 0 Å². The molecule has 128 valence electrons. The van der Waals surface area contributed by atoms with Crippen LogP contribution in [0.3, 0.4) is 0 Å². The van der Waals surface area contributed by atoms with E-state index in [1.165, 1.54) is 10.6 Å². The Bertz CT molecular complexity index is 916. The summed E-state index contributed by atoms with van der Waals surface area (Å²) in [6.07, 6.45) is 1.85. The van der Waals surface area contributed by atoms with Crippen molar-refractivity contribution in [1.82, 2.24) is 0 Å². The van der Waals surface area contributed by atoms with E-state index in [2.05, 4.69) is 21.0 Å². The normalized spacial score (nSPS) is 15.7. The molecule has 0 fully saturated rings. The monoisotopic (exact) mass is 398 g/mol. The predicted molar refractivity (Wildman–Crippen MR) is 105 cm³/mol. The number of hydrogen-bond acceptors (Lipinski definition) is 3. The number of hydrazone groups is 1. The van der Waals surface area contributed by atoms with Crippen LogP contribution in [0.1, 0.15) is 23.6 Å². The number of ether oxygens (including phenoxy) is 1. The number of benzene rings is 2. The van der Waals surface area contributed by atoms with Gasteiger partial charge in [0.1, 0.15) is 5.75 Å². The van der Waals surface area contributed by atoms with E-state index in [0.717, 1.165) is 27.0 Å². The molecule has 0 aromatic heterocycles. The van der Waals surface area contributed by atoms with E-state index < -0.39 is 0 Å². The van der Waals surface area contributed by atoms with Crippen LogP contribution in [0.4, 0.5) is 5.69 Å². The molecule has 0 unspecified atom stereocenters. The highest BCUT2D eigenvalue weighted by atomic mass is 79.9. The first-order valence-corrected chi connectivity index (χ1v) is 8.72. The van der Waals surface area contributed by atoms with Gasteiger partial charge in [-0.2, -0.15) is 10.1 Å². The number of rotatable bonds is 3. The summed E-state index contributed by atoms with van der Waals surface area (Å²) >= 11 is 3.47. The summed E-state index contributed by atoms with van der Waals surface area (Å²) in [6.45, 7) is 5.93. The van der Waals surface area contributed by atoms with Crippen molar-refractivity contribution in [3.63, 3.8) is 0 Å². The molecule has 1 amide bonds. The molecular formula is C20H19BrN2O2. The van der Waals surface area contributed by atoms with Gasteiger partial charge in [0.05, 0.1) is 28.6 Å². The first-order valence-electron chi connectivity index (χ1n) is 7.93. The van der Waals surface area contributed by atoms with Gasteiger partial charge in [0.15, 0.2) is 0 Å². The third kappa shape index (κ3) is 3.37. The first kappa shape index (κ1) is 17.4. The standard InChI is InChI=1S/C20H19BrN2O2/c1-12-5-7-16(9-13(12)2)23-20(24)17(14(3)22-23)10-15-6-8-19(25-4)18(21)11-15/h5-11H,1-4H3/b17-10+. The molecule has 5 heteroatoms. The second-order valence-corrected chi connectivity index (χ2v) is 6.88. The topological polar surface area (TPSA) is 41.9 Å². The molecule has 3 rings (SSSR count). The minimum Gasteiger partial charge on any atom is -0.496 e. The average molecular weight is 399 g/mol. The Morgan fingerprint density at radius 3 is 2.48 bits per heavy atom. The summed E-state index contributed by atoms with van der Waals surface area (Å²) in [7, 11) is 1.62.